The number of aromatic hydroxyl groups is 1. The van der Waals surface area contributed by atoms with E-state index in [1.165, 1.54) is 6.21 Å². The van der Waals surface area contributed by atoms with Gasteiger partial charge in [0, 0.05) is 35.4 Å². The second kappa shape index (κ2) is 7.61. The number of benzene rings is 2. The minimum Gasteiger partial charge on any atom is -0.506 e. The minimum atomic E-state index is -0.317. The smallest absolute Gasteiger partial charge is 0.271 e. The number of hydrazone groups is 1. The Labute approximate surface area is 151 Å². The SMILES string of the molecule is CN(C)c1ccc(C(=O)NN=Cc2ccc(Br)c(Br)c2O)cc1. The summed E-state index contributed by atoms with van der Waals surface area (Å²) < 4.78 is 1.27. The van der Waals surface area contributed by atoms with Crippen LogP contribution in [0.25, 0.3) is 0 Å². The highest BCUT2D eigenvalue weighted by atomic mass is 79.9. The van der Waals surface area contributed by atoms with Gasteiger partial charge >= 0.3 is 0 Å². The van der Waals surface area contributed by atoms with Gasteiger partial charge in [0.2, 0.25) is 0 Å². The number of hydrogen-bond acceptors (Lipinski definition) is 4. The predicted molar refractivity (Wildman–Crippen MR) is 99.3 cm³/mol. The summed E-state index contributed by atoms with van der Waals surface area (Å²) in [7, 11) is 3.87. The van der Waals surface area contributed by atoms with Crippen LogP contribution in [0.3, 0.4) is 0 Å². The van der Waals surface area contributed by atoms with Gasteiger partial charge in [0.25, 0.3) is 5.91 Å². The number of nitrogens with one attached hydrogen (secondary N) is 1. The molecule has 0 atom stereocenters. The van der Waals surface area contributed by atoms with Gasteiger partial charge in [0.05, 0.1) is 10.7 Å². The normalized spacial score (nSPS) is 10.8. The summed E-state index contributed by atoms with van der Waals surface area (Å²) in [6, 6.07) is 10.6. The van der Waals surface area contributed by atoms with E-state index in [2.05, 4.69) is 42.4 Å². The molecule has 0 unspecified atom stereocenters. The fraction of sp³-hybridized carbons (Fsp3) is 0.125. The summed E-state index contributed by atoms with van der Waals surface area (Å²) in [4.78, 5) is 14.0. The number of rotatable bonds is 4. The molecular formula is C16H15Br2N3O2. The van der Waals surface area contributed by atoms with Crippen LogP contribution in [0, 0.1) is 0 Å². The Morgan fingerprint density at radius 2 is 1.83 bits per heavy atom. The lowest BCUT2D eigenvalue weighted by molar-refractivity contribution is 0.0955. The molecule has 2 aromatic carbocycles. The number of phenols is 1. The monoisotopic (exact) mass is 439 g/mol. The van der Waals surface area contributed by atoms with Crippen molar-refractivity contribution < 1.29 is 9.90 Å². The maximum Gasteiger partial charge on any atom is 0.271 e. The Hall–Kier alpha value is -1.86. The molecule has 2 N–H and O–H groups in total. The van der Waals surface area contributed by atoms with E-state index in [0.717, 1.165) is 10.2 Å². The van der Waals surface area contributed by atoms with Crippen LogP contribution in [0.1, 0.15) is 15.9 Å². The van der Waals surface area contributed by atoms with Crippen molar-refractivity contribution in [3.63, 3.8) is 0 Å². The molecule has 0 fully saturated rings. The molecule has 0 aliphatic rings. The van der Waals surface area contributed by atoms with Crippen LogP contribution in [0.4, 0.5) is 5.69 Å². The molecular weight excluding hydrogens is 426 g/mol. The zero-order chi connectivity index (χ0) is 17.0. The molecule has 5 nitrogen and oxygen atoms in total. The van der Waals surface area contributed by atoms with Crippen molar-refractivity contribution in [2.24, 2.45) is 5.10 Å². The van der Waals surface area contributed by atoms with E-state index in [1.807, 2.05) is 31.1 Å². The maximum absolute atomic E-state index is 12.0. The molecule has 120 valence electrons. The molecule has 0 saturated heterocycles. The van der Waals surface area contributed by atoms with E-state index in [0.29, 0.717) is 15.6 Å². The highest BCUT2D eigenvalue weighted by molar-refractivity contribution is 9.13. The largest absolute Gasteiger partial charge is 0.506 e. The molecule has 0 aromatic heterocycles. The van der Waals surface area contributed by atoms with Crippen molar-refractivity contribution in [2.75, 3.05) is 19.0 Å². The third-order valence-electron chi connectivity index (χ3n) is 3.12. The summed E-state index contributed by atoms with van der Waals surface area (Å²) in [6.45, 7) is 0. The van der Waals surface area contributed by atoms with Gasteiger partial charge < -0.3 is 10.0 Å². The molecule has 0 heterocycles. The number of phenolic OH excluding ortho intramolecular Hbond substituents is 1. The first-order chi connectivity index (χ1) is 10.9. The quantitative estimate of drug-likeness (QED) is 0.562. The molecule has 0 aliphatic heterocycles. The summed E-state index contributed by atoms with van der Waals surface area (Å²) in [6.07, 6.45) is 1.39. The standard InChI is InChI=1S/C16H15Br2N3O2/c1-21(2)12-6-3-10(4-7-12)16(23)20-19-9-11-5-8-13(17)14(18)15(11)22/h3-9,22H,1-2H3,(H,20,23). The molecule has 0 spiro atoms. The van der Waals surface area contributed by atoms with Crippen molar-refractivity contribution in [1.29, 1.82) is 0 Å². The summed E-state index contributed by atoms with van der Waals surface area (Å²) in [5.74, 6) is -0.269. The molecule has 0 bridgehead atoms. The molecule has 0 saturated carbocycles. The van der Waals surface area contributed by atoms with Crippen LogP contribution >= 0.6 is 31.9 Å². The fourth-order valence-corrected chi connectivity index (χ4v) is 2.48. The number of anilines is 1. The van der Waals surface area contributed by atoms with E-state index >= 15 is 0 Å². The predicted octanol–water partition coefficient (Wildman–Crippen LogP) is 3.75. The summed E-state index contributed by atoms with van der Waals surface area (Å²) in [5.41, 5.74) is 4.44. The molecule has 23 heavy (non-hydrogen) atoms. The molecule has 0 aliphatic carbocycles. The Bertz CT molecular complexity index is 744. The van der Waals surface area contributed by atoms with Crippen LogP contribution in [0.5, 0.6) is 5.75 Å². The molecule has 2 rings (SSSR count). The Kier molecular flexibility index (Phi) is 5.79. The van der Waals surface area contributed by atoms with Gasteiger partial charge in [-0.1, -0.05) is 0 Å². The number of hydrogen-bond donors (Lipinski definition) is 2. The van der Waals surface area contributed by atoms with Gasteiger partial charge in [-0.05, 0) is 68.3 Å². The van der Waals surface area contributed by atoms with Crippen LogP contribution in [-0.2, 0) is 0 Å². The van der Waals surface area contributed by atoms with Crippen molar-refractivity contribution >= 4 is 49.7 Å². The second-order valence-corrected chi connectivity index (χ2v) is 6.59. The first kappa shape index (κ1) is 17.5. The second-order valence-electron chi connectivity index (χ2n) is 4.94. The lowest BCUT2D eigenvalue weighted by Gasteiger charge is -2.12. The number of carbonyl (C=O) groups excluding carboxylic acids is 1. The third kappa shape index (κ3) is 4.33. The van der Waals surface area contributed by atoms with Crippen molar-refractivity contribution in [3.8, 4) is 5.75 Å². The Balaban J connectivity index is 2.05. The highest BCUT2D eigenvalue weighted by Crippen LogP contribution is 2.33. The highest BCUT2D eigenvalue weighted by Gasteiger charge is 2.08. The maximum atomic E-state index is 12.0. The summed E-state index contributed by atoms with van der Waals surface area (Å²) in [5, 5.41) is 13.8. The number of nitrogens with zero attached hydrogens (tertiary/aromatic N) is 2. The lowest BCUT2D eigenvalue weighted by atomic mass is 10.2. The van der Waals surface area contributed by atoms with Crippen molar-refractivity contribution in [3.05, 3.63) is 56.5 Å². The first-order valence-electron chi connectivity index (χ1n) is 6.68. The molecule has 1 amide bonds. The van der Waals surface area contributed by atoms with Gasteiger partial charge in [0.1, 0.15) is 5.75 Å². The van der Waals surface area contributed by atoms with Crippen LogP contribution in [0.15, 0.2) is 50.4 Å². The van der Waals surface area contributed by atoms with Crippen LogP contribution < -0.4 is 10.3 Å². The first-order valence-corrected chi connectivity index (χ1v) is 8.26. The van der Waals surface area contributed by atoms with Crippen LogP contribution in [0.2, 0.25) is 0 Å². The van der Waals surface area contributed by atoms with Gasteiger partial charge in [-0.25, -0.2) is 5.43 Å². The van der Waals surface area contributed by atoms with Crippen LogP contribution in [-0.4, -0.2) is 31.3 Å². The Morgan fingerprint density at radius 3 is 2.43 bits per heavy atom. The lowest BCUT2D eigenvalue weighted by Crippen LogP contribution is -2.18. The number of amides is 1. The van der Waals surface area contributed by atoms with E-state index in [4.69, 9.17) is 0 Å². The van der Waals surface area contributed by atoms with Crippen molar-refractivity contribution in [2.45, 2.75) is 0 Å². The average molecular weight is 441 g/mol. The van der Waals surface area contributed by atoms with E-state index in [9.17, 15) is 9.90 Å². The molecule has 7 heteroatoms. The molecule has 2 aromatic rings. The van der Waals surface area contributed by atoms with E-state index in [-0.39, 0.29) is 11.7 Å². The zero-order valence-electron chi connectivity index (χ0n) is 12.5. The number of halogens is 2. The zero-order valence-corrected chi connectivity index (χ0v) is 15.7. The Morgan fingerprint density at radius 1 is 1.17 bits per heavy atom. The average Bonchev–Trinajstić information content (AvgIpc) is 2.54. The molecule has 0 radical (unpaired) electrons. The summed E-state index contributed by atoms with van der Waals surface area (Å²) >= 11 is 6.55. The fourth-order valence-electron chi connectivity index (χ4n) is 1.79. The van der Waals surface area contributed by atoms with E-state index in [1.54, 1.807) is 24.3 Å². The minimum absolute atomic E-state index is 0.0488. The van der Waals surface area contributed by atoms with Gasteiger partial charge in [-0.3, -0.25) is 4.79 Å². The third-order valence-corrected chi connectivity index (χ3v) is 5.11. The van der Waals surface area contributed by atoms with E-state index < -0.39 is 0 Å². The van der Waals surface area contributed by atoms with Crippen molar-refractivity contribution in [1.82, 2.24) is 5.43 Å². The number of carbonyl (C=O) groups is 1. The van der Waals surface area contributed by atoms with Gasteiger partial charge in [0.15, 0.2) is 0 Å². The topological polar surface area (TPSA) is 64.9 Å². The van der Waals surface area contributed by atoms with Gasteiger partial charge in [-0.2, -0.15) is 5.10 Å². The van der Waals surface area contributed by atoms with Gasteiger partial charge in [-0.15, -0.1) is 0 Å².